The largest absolute Gasteiger partial charge is 0.478 e. The van der Waals surface area contributed by atoms with Gasteiger partial charge in [-0.15, -0.1) is 0 Å². The van der Waals surface area contributed by atoms with Crippen LogP contribution in [0, 0.1) is 6.92 Å². The lowest BCUT2D eigenvalue weighted by Crippen LogP contribution is -2.20. The molecule has 1 aromatic rings. The second-order valence-corrected chi connectivity index (χ2v) is 3.06. The average molecular weight is 235 g/mol. The predicted molar refractivity (Wildman–Crippen MR) is 47.5 cm³/mol. The molecule has 0 saturated carbocycles. The van der Waals surface area contributed by atoms with E-state index in [-0.39, 0.29) is 17.0 Å². The number of carboxylic acid groups (broad SMARTS) is 1. The van der Waals surface area contributed by atoms with E-state index in [2.05, 4.69) is 9.72 Å². The van der Waals surface area contributed by atoms with E-state index in [0.717, 1.165) is 6.20 Å². The van der Waals surface area contributed by atoms with Crippen molar-refractivity contribution >= 4 is 5.97 Å². The van der Waals surface area contributed by atoms with Crippen molar-refractivity contribution in [3.05, 3.63) is 23.4 Å². The molecule has 16 heavy (non-hydrogen) atoms. The van der Waals surface area contributed by atoms with Crippen molar-refractivity contribution in [3.63, 3.8) is 0 Å². The van der Waals surface area contributed by atoms with E-state index >= 15 is 0 Å². The smallest absolute Gasteiger partial charge is 0.422 e. The standard InChI is InChI=1S/C9H8F3NO3/c1-5-2-6(8(14)15)3-13-7(5)16-4-9(10,11)12/h2-3H,4H2,1H3,(H,14,15). The van der Waals surface area contributed by atoms with Crippen molar-refractivity contribution < 1.29 is 27.8 Å². The van der Waals surface area contributed by atoms with Gasteiger partial charge in [0.15, 0.2) is 6.61 Å². The first-order valence-corrected chi connectivity index (χ1v) is 4.19. The maximum atomic E-state index is 11.8. The van der Waals surface area contributed by atoms with Crippen LogP contribution in [-0.4, -0.2) is 28.8 Å². The minimum atomic E-state index is -4.44. The summed E-state index contributed by atoms with van der Waals surface area (Å²) in [5, 5.41) is 8.60. The van der Waals surface area contributed by atoms with Crippen molar-refractivity contribution in [2.24, 2.45) is 0 Å². The third-order valence-electron chi connectivity index (χ3n) is 1.65. The minimum Gasteiger partial charge on any atom is -0.478 e. The highest BCUT2D eigenvalue weighted by molar-refractivity contribution is 5.87. The van der Waals surface area contributed by atoms with Crippen LogP contribution in [0.25, 0.3) is 0 Å². The average Bonchev–Trinajstić information content (AvgIpc) is 2.14. The van der Waals surface area contributed by atoms with Gasteiger partial charge >= 0.3 is 12.1 Å². The highest BCUT2D eigenvalue weighted by atomic mass is 19.4. The molecule has 0 spiro atoms. The molecule has 0 radical (unpaired) electrons. The number of aromatic nitrogens is 1. The topological polar surface area (TPSA) is 59.4 Å². The van der Waals surface area contributed by atoms with Crippen molar-refractivity contribution in [2.45, 2.75) is 13.1 Å². The molecule has 0 aliphatic heterocycles. The van der Waals surface area contributed by atoms with Crippen molar-refractivity contribution in [1.29, 1.82) is 0 Å². The summed E-state index contributed by atoms with van der Waals surface area (Å²) in [4.78, 5) is 14.0. The molecule has 1 aromatic heterocycles. The van der Waals surface area contributed by atoms with Gasteiger partial charge in [0.1, 0.15) is 0 Å². The summed E-state index contributed by atoms with van der Waals surface area (Å²) in [5.41, 5.74) is 0.140. The molecule has 1 rings (SSSR count). The number of hydrogen-bond donors (Lipinski definition) is 1. The maximum Gasteiger partial charge on any atom is 0.422 e. The van der Waals surface area contributed by atoms with Gasteiger partial charge in [-0.1, -0.05) is 0 Å². The Kier molecular flexibility index (Phi) is 3.36. The molecule has 0 aliphatic carbocycles. The molecule has 0 unspecified atom stereocenters. The van der Waals surface area contributed by atoms with E-state index < -0.39 is 18.8 Å². The van der Waals surface area contributed by atoms with Gasteiger partial charge in [-0.3, -0.25) is 0 Å². The maximum absolute atomic E-state index is 11.8. The lowest BCUT2D eigenvalue weighted by molar-refractivity contribution is -0.154. The molecule has 4 nitrogen and oxygen atoms in total. The second-order valence-electron chi connectivity index (χ2n) is 3.06. The number of aromatic carboxylic acids is 1. The molecular weight excluding hydrogens is 227 g/mol. The number of rotatable bonds is 3. The van der Waals surface area contributed by atoms with Gasteiger partial charge in [-0.2, -0.15) is 13.2 Å². The van der Waals surface area contributed by atoms with Crippen LogP contribution in [0.2, 0.25) is 0 Å². The fourth-order valence-electron chi connectivity index (χ4n) is 0.980. The third kappa shape index (κ3) is 3.41. The van der Waals surface area contributed by atoms with Crippen LogP contribution in [-0.2, 0) is 0 Å². The van der Waals surface area contributed by atoms with E-state index in [1.54, 1.807) is 0 Å². The number of hydrogen-bond acceptors (Lipinski definition) is 3. The second kappa shape index (κ2) is 4.38. The van der Waals surface area contributed by atoms with Crippen LogP contribution in [0.1, 0.15) is 15.9 Å². The molecular formula is C9H8F3NO3. The van der Waals surface area contributed by atoms with E-state index in [4.69, 9.17) is 5.11 Å². The van der Waals surface area contributed by atoms with Gasteiger partial charge < -0.3 is 9.84 Å². The number of carbonyl (C=O) groups is 1. The Morgan fingerprint density at radius 2 is 2.19 bits per heavy atom. The van der Waals surface area contributed by atoms with Gasteiger partial charge in [0.2, 0.25) is 5.88 Å². The summed E-state index contributed by atoms with van der Waals surface area (Å²) >= 11 is 0. The number of aryl methyl sites for hydroxylation is 1. The van der Waals surface area contributed by atoms with E-state index in [1.165, 1.54) is 13.0 Å². The summed E-state index contributed by atoms with van der Waals surface area (Å²) in [6.07, 6.45) is -3.50. The normalized spacial score (nSPS) is 11.2. The number of ether oxygens (including phenoxy) is 1. The summed E-state index contributed by atoms with van der Waals surface area (Å²) < 4.78 is 39.9. The molecule has 1 N–H and O–H groups in total. The van der Waals surface area contributed by atoms with Crippen molar-refractivity contribution in [1.82, 2.24) is 4.98 Å². The summed E-state index contributed by atoms with van der Waals surface area (Å²) in [5.74, 6) is -1.42. The SMILES string of the molecule is Cc1cc(C(=O)O)cnc1OCC(F)(F)F. The van der Waals surface area contributed by atoms with Gasteiger partial charge in [0.25, 0.3) is 0 Å². The molecule has 0 saturated heterocycles. The van der Waals surface area contributed by atoms with Crippen LogP contribution in [0.4, 0.5) is 13.2 Å². The summed E-state index contributed by atoms with van der Waals surface area (Å²) in [7, 11) is 0. The monoisotopic (exact) mass is 235 g/mol. The van der Waals surface area contributed by atoms with Crippen molar-refractivity contribution in [2.75, 3.05) is 6.61 Å². The number of pyridine rings is 1. The van der Waals surface area contributed by atoms with Gasteiger partial charge in [0, 0.05) is 11.8 Å². The zero-order chi connectivity index (χ0) is 12.3. The molecule has 0 amide bonds. The highest BCUT2D eigenvalue weighted by Gasteiger charge is 2.29. The molecule has 0 fully saturated rings. The molecule has 7 heteroatoms. The molecule has 0 bridgehead atoms. The van der Waals surface area contributed by atoms with Crippen LogP contribution >= 0.6 is 0 Å². The third-order valence-corrected chi connectivity index (χ3v) is 1.65. The molecule has 88 valence electrons. The van der Waals surface area contributed by atoms with Crippen LogP contribution in [0.3, 0.4) is 0 Å². The Labute approximate surface area is 88.7 Å². The molecule has 1 heterocycles. The van der Waals surface area contributed by atoms with E-state index in [9.17, 15) is 18.0 Å². The van der Waals surface area contributed by atoms with Crippen LogP contribution in [0.15, 0.2) is 12.3 Å². The van der Waals surface area contributed by atoms with E-state index in [0.29, 0.717) is 0 Å². The Hall–Kier alpha value is -1.79. The number of carboxylic acids is 1. The minimum absolute atomic E-state index is 0.100. The lowest BCUT2D eigenvalue weighted by atomic mass is 10.2. The Bertz CT molecular complexity index is 403. The number of nitrogens with zero attached hydrogens (tertiary/aromatic N) is 1. The van der Waals surface area contributed by atoms with E-state index in [1.807, 2.05) is 0 Å². The first-order valence-electron chi connectivity index (χ1n) is 4.19. The zero-order valence-electron chi connectivity index (χ0n) is 8.21. The van der Waals surface area contributed by atoms with Gasteiger partial charge in [0.05, 0.1) is 5.56 Å². The number of alkyl halides is 3. The fraction of sp³-hybridized carbons (Fsp3) is 0.333. The van der Waals surface area contributed by atoms with Crippen LogP contribution < -0.4 is 4.74 Å². The Morgan fingerprint density at radius 1 is 1.56 bits per heavy atom. The highest BCUT2D eigenvalue weighted by Crippen LogP contribution is 2.20. The summed E-state index contributed by atoms with van der Waals surface area (Å²) in [6.45, 7) is -0.0294. The lowest BCUT2D eigenvalue weighted by Gasteiger charge is -2.10. The first-order chi connectivity index (χ1) is 7.29. The van der Waals surface area contributed by atoms with Crippen LogP contribution in [0.5, 0.6) is 5.88 Å². The Morgan fingerprint density at radius 3 is 2.62 bits per heavy atom. The molecule has 0 atom stereocenters. The molecule has 0 aromatic carbocycles. The summed E-state index contributed by atoms with van der Waals surface area (Å²) in [6, 6.07) is 1.20. The zero-order valence-corrected chi connectivity index (χ0v) is 8.21. The number of halogens is 3. The first kappa shape index (κ1) is 12.3. The van der Waals surface area contributed by atoms with Crippen molar-refractivity contribution in [3.8, 4) is 5.88 Å². The predicted octanol–water partition coefficient (Wildman–Crippen LogP) is 2.03. The van der Waals surface area contributed by atoms with Gasteiger partial charge in [-0.25, -0.2) is 9.78 Å². The molecule has 0 aliphatic rings. The fourth-order valence-corrected chi connectivity index (χ4v) is 0.980. The van der Waals surface area contributed by atoms with Gasteiger partial charge in [-0.05, 0) is 13.0 Å². The Balaban J connectivity index is 2.80. The quantitative estimate of drug-likeness (QED) is 0.870.